The highest BCUT2D eigenvalue weighted by atomic mass is 79.9. The summed E-state index contributed by atoms with van der Waals surface area (Å²) in [7, 11) is 2.21. The van der Waals surface area contributed by atoms with Gasteiger partial charge in [0, 0.05) is 49.7 Å². The van der Waals surface area contributed by atoms with E-state index >= 15 is 4.39 Å². The van der Waals surface area contributed by atoms with Crippen LogP contribution in [0, 0.1) is 5.41 Å². The molecule has 1 aromatic carbocycles. The summed E-state index contributed by atoms with van der Waals surface area (Å²) in [6, 6.07) is 32.4. The molecule has 2 saturated heterocycles. The lowest BCUT2D eigenvalue weighted by Crippen LogP contribution is -2.49. The van der Waals surface area contributed by atoms with Crippen LogP contribution in [0.15, 0.2) is 186 Å². The van der Waals surface area contributed by atoms with Crippen molar-refractivity contribution in [1.29, 1.82) is 0 Å². The molecule has 10 aromatic rings. The summed E-state index contributed by atoms with van der Waals surface area (Å²) in [4.78, 5) is 68.9. The Morgan fingerprint density at radius 1 is 0.486 bits per heavy atom. The third-order valence-electron chi connectivity index (χ3n) is 19.7. The summed E-state index contributed by atoms with van der Waals surface area (Å²) in [6.45, 7) is 12.2. The van der Waals surface area contributed by atoms with Crippen molar-refractivity contribution < 1.29 is 53.4 Å². The third-order valence-corrected chi connectivity index (χ3v) is 22.0. The molecular weight excluding hydrogens is 1720 g/mol. The summed E-state index contributed by atoms with van der Waals surface area (Å²) in [5.74, 6) is -11.1. The van der Waals surface area contributed by atoms with Crippen molar-refractivity contribution >= 4 is 115 Å². The molecule has 6 aliphatic rings. The maximum Gasteiger partial charge on any atom is 0.278 e. The quantitative estimate of drug-likeness (QED) is 0.0341. The van der Waals surface area contributed by atoms with Crippen LogP contribution in [0.25, 0.3) is 33.7 Å². The van der Waals surface area contributed by atoms with Crippen LogP contribution in [-0.4, -0.2) is 137 Å². The number of halogens is 15. The normalized spacial score (nSPS) is 19.6. The predicted octanol–water partition coefficient (Wildman–Crippen LogP) is 17.8. The van der Waals surface area contributed by atoms with Crippen LogP contribution in [0.5, 0.6) is 0 Å². The van der Waals surface area contributed by atoms with Crippen molar-refractivity contribution in [2.24, 2.45) is 5.41 Å². The number of pyridine rings is 5. The number of nitrogens with zero attached hydrogens (tertiary/aromatic N) is 15. The van der Waals surface area contributed by atoms with Gasteiger partial charge in [0.15, 0.2) is 45.1 Å². The van der Waals surface area contributed by atoms with Crippen molar-refractivity contribution in [2.45, 2.75) is 142 Å². The van der Waals surface area contributed by atoms with E-state index in [-0.39, 0.29) is 75.3 Å². The third kappa shape index (κ3) is 18.2. The van der Waals surface area contributed by atoms with E-state index in [0.717, 1.165) is 28.0 Å². The molecule has 4 saturated carbocycles. The van der Waals surface area contributed by atoms with Gasteiger partial charge in [-0.15, -0.1) is 13.2 Å². The molecular formula is C74H71Br4F11N16O3S. The summed E-state index contributed by atoms with van der Waals surface area (Å²) < 4.78 is 156. The Labute approximate surface area is 655 Å². The van der Waals surface area contributed by atoms with Crippen molar-refractivity contribution in [2.75, 3.05) is 49.7 Å². The molecule has 11 heterocycles. The van der Waals surface area contributed by atoms with E-state index in [9.17, 15) is 58.6 Å². The first-order valence-corrected chi connectivity index (χ1v) is 38.7. The van der Waals surface area contributed by atoms with E-state index < -0.39 is 97.7 Å². The summed E-state index contributed by atoms with van der Waals surface area (Å²) in [6.07, 6.45) is 6.52. The van der Waals surface area contributed by atoms with E-state index in [1.165, 1.54) is 118 Å². The first-order chi connectivity index (χ1) is 51.5. The molecule has 109 heavy (non-hydrogen) atoms. The largest absolute Gasteiger partial charge is 0.383 e. The molecule has 0 atom stereocenters. The fourth-order valence-corrected chi connectivity index (χ4v) is 16.0. The zero-order valence-corrected chi connectivity index (χ0v) is 65.6. The van der Waals surface area contributed by atoms with Crippen LogP contribution < -0.4 is 21.3 Å². The molecule has 0 radical (unpaired) electrons. The van der Waals surface area contributed by atoms with Gasteiger partial charge in [-0.2, -0.15) is 4.98 Å². The zero-order valence-electron chi connectivity index (χ0n) is 58.5. The second kappa shape index (κ2) is 31.7. The summed E-state index contributed by atoms with van der Waals surface area (Å²) in [5, 5.41) is 14.0. The second-order valence-corrected chi connectivity index (χ2v) is 32.0. The minimum atomic E-state index is -3.06. The average Bonchev–Trinajstić information content (AvgIpc) is 1.73. The van der Waals surface area contributed by atoms with Gasteiger partial charge in [-0.3, -0.25) is 9.59 Å². The number of piperidine rings is 2. The monoisotopic (exact) mass is 1790 g/mol. The maximum absolute atomic E-state index is 15.3. The number of aromatic nitrogens is 13. The Kier molecular flexibility index (Phi) is 23.5. The highest BCUT2D eigenvalue weighted by Gasteiger charge is 2.62. The van der Waals surface area contributed by atoms with Crippen molar-refractivity contribution in [3.05, 3.63) is 215 Å². The Hall–Kier alpha value is -7.83. The number of benzene rings is 1. The predicted molar refractivity (Wildman–Crippen MR) is 407 cm³/mol. The molecule has 4 aliphatic carbocycles. The number of nitrogens with one attached hydrogen (secondary N) is 1. The first kappa shape index (κ1) is 80.7. The van der Waals surface area contributed by atoms with Crippen LogP contribution >= 0.6 is 75.5 Å². The lowest BCUT2D eigenvalue weighted by Gasteiger charge is -2.46. The lowest BCUT2D eigenvalue weighted by molar-refractivity contribution is -0.212. The Balaban J connectivity index is 0.000000145. The number of aliphatic hydroxyl groups is 1. The van der Waals surface area contributed by atoms with Crippen molar-refractivity contribution in [3.8, 4) is 11.6 Å². The molecule has 0 bridgehead atoms. The minimum absolute atomic E-state index is 0.0813. The van der Waals surface area contributed by atoms with E-state index in [0.29, 0.717) is 31.1 Å². The molecule has 2 aliphatic heterocycles. The number of allylic oxidation sites excluding steroid dienone is 2. The Morgan fingerprint density at radius 3 is 1.28 bits per heavy atom. The van der Waals surface area contributed by atoms with Gasteiger partial charge in [-0.25, -0.2) is 107 Å². The molecule has 9 aromatic heterocycles. The van der Waals surface area contributed by atoms with E-state index in [1.54, 1.807) is 60.9 Å². The van der Waals surface area contributed by atoms with E-state index in [4.69, 9.17) is 0 Å². The molecule has 0 unspecified atom stereocenters. The molecule has 1 spiro atoms. The smallest absolute Gasteiger partial charge is 0.278 e. The fourth-order valence-electron chi connectivity index (χ4n) is 14.1. The van der Waals surface area contributed by atoms with Crippen molar-refractivity contribution in [1.82, 2.24) is 68.5 Å². The highest BCUT2D eigenvalue weighted by Crippen LogP contribution is 2.57. The number of anilines is 3. The van der Waals surface area contributed by atoms with E-state index in [2.05, 4.69) is 156 Å². The van der Waals surface area contributed by atoms with Gasteiger partial charge in [0.25, 0.3) is 34.8 Å². The minimum Gasteiger partial charge on any atom is -0.383 e. The molecule has 0 amide bonds. The fraction of sp³-hybridized carbons (Fsp3) is 0.392. The number of rotatable bonds is 14. The van der Waals surface area contributed by atoms with E-state index in [1.807, 2.05) is 30.3 Å². The van der Waals surface area contributed by atoms with Crippen molar-refractivity contribution in [3.63, 3.8) is 0 Å². The van der Waals surface area contributed by atoms with Crippen LogP contribution in [0.4, 0.5) is 65.6 Å². The lowest BCUT2D eigenvalue weighted by atomic mass is 9.71. The maximum atomic E-state index is 15.3. The van der Waals surface area contributed by atoms with Gasteiger partial charge >= 0.3 is 0 Å². The molecule has 2 N–H and O–H groups in total. The number of fused-ring (bicyclic) bond motifs is 2. The number of hydrogen-bond donors (Lipinski definition) is 2. The van der Waals surface area contributed by atoms with Crippen LogP contribution in [0.3, 0.4) is 0 Å². The molecule has 35 heteroatoms. The van der Waals surface area contributed by atoms with Gasteiger partial charge in [0.2, 0.25) is 5.95 Å². The number of hydrogen-bond acceptors (Lipinski definition) is 16. The van der Waals surface area contributed by atoms with Crippen LogP contribution in [0.1, 0.15) is 99.8 Å². The Morgan fingerprint density at radius 2 is 0.872 bits per heavy atom. The first-order valence-electron chi connectivity index (χ1n) is 34.3. The van der Waals surface area contributed by atoms with Gasteiger partial charge in [-0.1, -0.05) is 54.2 Å². The number of likely N-dealkylation sites (tertiary alicyclic amines) is 1. The Bertz CT molecular complexity index is 5010. The second-order valence-electron chi connectivity index (χ2n) is 28.0. The molecule has 19 nitrogen and oxygen atoms in total. The van der Waals surface area contributed by atoms with Gasteiger partial charge in [0.1, 0.15) is 34.8 Å². The van der Waals surface area contributed by atoms with Gasteiger partial charge in [0.05, 0.1) is 74.4 Å². The van der Waals surface area contributed by atoms with Crippen LogP contribution in [0.2, 0.25) is 0 Å². The highest BCUT2D eigenvalue weighted by molar-refractivity contribution is 9.11. The van der Waals surface area contributed by atoms with Gasteiger partial charge in [-0.05, 0) is 206 Å². The number of alkyl halides is 11. The van der Waals surface area contributed by atoms with Gasteiger partial charge < -0.3 is 20.2 Å². The van der Waals surface area contributed by atoms with Crippen LogP contribution in [-0.2, 0) is 35.7 Å². The molecule has 16 rings (SSSR count). The SMILES string of the molecule is Brc1cccc(Br)n1.C=CCn1c(=O)c2cnc(Nc3ccc(N4CCC5(CCN(C)CC5)CC4)cc3)nc2n1-c1cccc(C2(F)CC(F)(F)C2)n1.C=CCn1c(=O)c2cnc(SC)nc2n1-c1cccc(C2(F)CC(F)(F)C2)n1.FC1(F)CC(F)(c2cccc(Br)n2)C1.OC1(c2cccc(Br)n2)CC(F)(F)C1. The standard InChI is InChI=1S/C33H37F3N8O.C18H16F3N5OS.C9H7BrF3N.C9H8BrF2NO.C5H3Br2N/c1-3-15-43-29(45)25-20-37-30(40-28(25)44(43)27-6-4-5-26(39-27)32(34)21-33(35,36)22-32)38-23-7-9-24(10-8-23)42-18-13-31(14-19-42)11-16-41(2)17-12-31;1-3-7-25-15(27)11-8-22-16(28-2)24-14(11)26(25)13-6-4-5-12(23-13)17(19)9-18(20,21)10-17;10-7-3-1-2-6(14-7)8(11)4-9(12,13)5-8;10-7-3-1-2-6(13-7)8(14)4-9(11,12)5-8;6-4-2-1-3-5(7)8-4/h3-10,20H,1,11-19,21-22H2,2H3,(H,37,38,40);3-6,8H,1,7,9-10H2,2H3;1-3H,4-5H2;1-3,14H,4-5H2;1-3H. The molecule has 6 fully saturated rings. The molecule has 576 valence electrons. The average molecular weight is 1790 g/mol. The number of thioether (sulfide) groups is 1. The zero-order chi connectivity index (χ0) is 78.3. The topological polar surface area (TPSA) is 209 Å². The summed E-state index contributed by atoms with van der Waals surface area (Å²) in [5.41, 5.74) is -5.34. The summed E-state index contributed by atoms with van der Waals surface area (Å²) >= 11 is 13.9.